The van der Waals surface area contributed by atoms with Gasteiger partial charge in [0, 0.05) is 11.7 Å². The van der Waals surface area contributed by atoms with Crippen LogP contribution < -0.4 is 10.9 Å². The van der Waals surface area contributed by atoms with Crippen molar-refractivity contribution in [2.75, 3.05) is 18.3 Å². The predicted molar refractivity (Wildman–Crippen MR) is 76.3 cm³/mol. The first-order valence-electron chi connectivity index (χ1n) is 5.98. The van der Waals surface area contributed by atoms with Gasteiger partial charge in [0.15, 0.2) is 11.0 Å². The molecule has 0 aliphatic carbocycles. The molecule has 2 N–H and O–H groups in total. The van der Waals surface area contributed by atoms with Gasteiger partial charge in [-0.15, -0.1) is 0 Å². The zero-order valence-electron chi connectivity index (χ0n) is 11.9. The van der Waals surface area contributed by atoms with Gasteiger partial charge in [-0.05, 0) is 34.0 Å². The van der Waals surface area contributed by atoms with E-state index in [1.54, 1.807) is 6.92 Å². The van der Waals surface area contributed by atoms with Gasteiger partial charge in [0.25, 0.3) is 0 Å². The molecule has 1 aromatic rings. The largest absolute Gasteiger partial charge is 0.462 e. The summed E-state index contributed by atoms with van der Waals surface area (Å²) in [5.41, 5.74) is 6.18. The van der Waals surface area contributed by atoms with Crippen molar-refractivity contribution in [2.45, 2.75) is 38.4 Å². The van der Waals surface area contributed by atoms with Crippen LogP contribution in [0, 0.1) is 0 Å². The summed E-state index contributed by atoms with van der Waals surface area (Å²) in [6.07, 6.45) is 3.35. The van der Waals surface area contributed by atoms with Crippen LogP contribution in [0.1, 0.15) is 38.1 Å². The second-order valence-electron chi connectivity index (χ2n) is 4.84. The van der Waals surface area contributed by atoms with Crippen LogP contribution >= 0.6 is 11.8 Å². The zero-order chi connectivity index (χ0) is 14.5. The van der Waals surface area contributed by atoms with Crippen molar-refractivity contribution in [1.82, 2.24) is 15.4 Å². The molecule has 0 fully saturated rings. The second kappa shape index (κ2) is 6.72. The minimum Gasteiger partial charge on any atom is -0.462 e. The standard InChI is InChI=1S/C12H20N4O2S/c1-6-18-10(17)8-7-13-11(19-5)14-9(8)15-16-12(2,3)4/h7,16H,6H2,1-5H3,(H,13,14,15). The molecule has 0 saturated heterocycles. The fourth-order valence-electron chi connectivity index (χ4n) is 1.16. The lowest BCUT2D eigenvalue weighted by atomic mass is 10.1. The number of thioether (sulfide) groups is 1. The van der Waals surface area contributed by atoms with Gasteiger partial charge < -0.3 is 10.2 Å². The third kappa shape index (κ3) is 5.04. The summed E-state index contributed by atoms with van der Waals surface area (Å²) in [5, 5.41) is 0.589. The van der Waals surface area contributed by atoms with Gasteiger partial charge in [0.2, 0.25) is 0 Å². The molecule has 7 heteroatoms. The SMILES string of the molecule is CCOC(=O)c1cnc(SC)nc1NNC(C)(C)C. The summed E-state index contributed by atoms with van der Waals surface area (Å²) >= 11 is 1.41. The normalized spacial score (nSPS) is 11.2. The van der Waals surface area contributed by atoms with Crippen molar-refractivity contribution in [2.24, 2.45) is 0 Å². The molecule has 1 heterocycles. The van der Waals surface area contributed by atoms with Crippen molar-refractivity contribution in [3.8, 4) is 0 Å². The number of rotatable bonds is 5. The molecule has 0 amide bonds. The number of carbonyl (C=O) groups excluding carboxylic acids is 1. The Morgan fingerprint density at radius 3 is 2.68 bits per heavy atom. The van der Waals surface area contributed by atoms with E-state index < -0.39 is 5.97 Å². The van der Waals surface area contributed by atoms with Crippen LogP contribution in [-0.2, 0) is 4.74 Å². The highest BCUT2D eigenvalue weighted by Crippen LogP contribution is 2.17. The average Bonchev–Trinajstić information content (AvgIpc) is 2.35. The fourth-order valence-corrected chi connectivity index (χ4v) is 1.50. The number of nitrogens with one attached hydrogen (secondary N) is 2. The maximum absolute atomic E-state index is 11.8. The molecule has 0 saturated carbocycles. The Bertz CT molecular complexity index is 446. The molecule has 0 atom stereocenters. The lowest BCUT2D eigenvalue weighted by Gasteiger charge is -2.22. The van der Waals surface area contributed by atoms with Gasteiger partial charge >= 0.3 is 5.97 Å². The highest BCUT2D eigenvalue weighted by atomic mass is 32.2. The second-order valence-corrected chi connectivity index (χ2v) is 5.61. The van der Waals surface area contributed by atoms with Gasteiger partial charge in [-0.25, -0.2) is 20.2 Å². The number of aromatic nitrogens is 2. The Hall–Kier alpha value is -1.34. The quantitative estimate of drug-likeness (QED) is 0.371. The molecule has 1 aromatic heterocycles. The molecule has 0 aliphatic heterocycles. The Labute approximate surface area is 117 Å². The van der Waals surface area contributed by atoms with E-state index in [2.05, 4.69) is 20.8 Å². The van der Waals surface area contributed by atoms with E-state index in [-0.39, 0.29) is 5.54 Å². The molecule has 0 unspecified atom stereocenters. The van der Waals surface area contributed by atoms with Gasteiger partial charge in [-0.3, -0.25) is 0 Å². The van der Waals surface area contributed by atoms with E-state index in [0.717, 1.165) is 0 Å². The van der Waals surface area contributed by atoms with Gasteiger partial charge in [0.05, 0.1) is 6.61 Å². The maximum Gasteiger partial charge on any atom is 0.343 e. The summed E-state index contributed by atoms with van der Waals surface area (Å²) in [6, 6.07) is 0. The zero-order valence-corrected chi connectivity index (χ0v) is 12.7. The summed E-state index contributed by atoms with van der Waals surface area (Å²) in [7, 11) is 0. The minimum atomic E-state index is -0.437. The fraction of sp³-hybridized carbons (Fsp3) is 0.583. The Balaban J connectivity index is 2.99. The van der Waals surface area contributed by atoms with Crippen molar-refractivity contribution in [1.29, 1.82) is 0 Å². The van der Waals surface area contributed by atoms with Crippen LogP contribution in [-0.4, -0.2) is 34.3 Å². The summed E-state index contributed by atoms with van der Waals surface area (Å²) in [5.74, 6) is -0.0129. The average molecular weight is 284 g/mol. The number of carbonyl (C=O) groups is 1. The number of esters is 1. The van der Waals surface area contributed by atoms with E-state index in [9.17, 15) is 4.79 Å². The molecular weight excluding hydrogens is 264 g/mol. The molecule has 0 bridgehead atoms. The molecule has 19 heavy (non-hydrogen) atoms. The summed E-state index contributed by atoms with van der Waals surface area (Å²) in [4.78, 5) is 20.2. The van der Waals surface area contributed by atoms with Crippen molar-refractivity contribution in [3.05, 3.63) is 11.8 Å². The number of nitrogens with zero attached hydrogens (tertiary/aromatic N) is 2. The highest BCUT2D eigenvalue weighted by molar-refractivity contribution is 7.98. The summed E-state index contributed by atoms with van der Waals surface area (Å²) < 4.78 is 4.98. The van der Waals surface area contributed by atoms with E-state index in [4.69, 9.17) is 4.74 Å². The Kier molecular flexibility index (Phi) is 5.56. The number of anilines is 1. The molecule has 0 spiro atoms. The predicted octanol–water partition coefficient (Wildman–Crippen LogP) is 2.09. The van der Waals surface area contributed by atoms with E-state index in [1.807, 2.05) is 27.0 Å². The number of hydrogen-bond acceptors (Lipinski definition) is 7. The number of ether oxygens (including phenoxy) is 1. The van der Waals surface area contributed by atoms with Gasteiger partial charge in [-0.1, -0.05) is 11.8 Å². The lowest BCUT2D eigenvalue weighted by molar-refractivity contribution is 0.0526. The highest BCUT2D eigenvalue weighted by Gasteiger charge is 2.17. The Morgan fingerprint density at radius 2 is 2.16 bits per heavy atom. The third-order valence-electron chi connectivity index (χ3n) is 2.00. The van der Waals surface area contributed by atoms with Crippen molar-refractivity contribution < 1.29 is 9.53 Å². The molecule has 6 nitrogen and oxygen atoms in total. The first-order chi connectivity index (χ1) is 8.87. The smallest absolute Gasteiger partial charge is 0.343 e. The van der Waals surface area contributed by atoms with E-state index in [0.29, 0.717) is 23.1 Å². The minimum absolute atomic E-state index is 0.156. The molecule has 106 valence electrons. The van der Waals surface area contributed by atoms with Gasteiger partial charge in [0.1, 0.15) is 5.56 Å². The number of hydrazine groups is 1. The van der Waals surface area contributed by atoms with Crippen molar-refractivity contribution in [3.63, 3.8) is 0 Å². The molecule has 0 aliphatic rings. The summed E-state index contributed by atoms with van der Waals surface area (Å²) in [6.45, 7) is 8.08. The number of hydrogen-bond donors (Lipinski definition) is 2. The van der Waals surface area contributed by atoms with E-state index >= 15 is 0 Å². The van der Waals surface area contributed by atoms with Gasteiger partial charge in [-0.2, -0.15) is 0 Å². The van der Waals surface area contributed by atoms with Crippen molar-refractivity contribution >= 4 is 23.5 Å². The first kappa shape index (κ1) is 15.7. The van der Waals surface area contributed by atoms with Crippen LogP contribution in [0.4, 0.5) is 5.82 Å². The Morgan fingerprint density at radius 1 is 1.47 bits per heavy atom. The first-order valence-corrected chi connectivity index (χ1v) is 7.21. The maximum atomic E-state index is 11.8. The van der Waals surface area contributed by atoms with Crippen LogP contribution in [0.5, 0.6) is 0 Å². The third-order valence-corrected chi connectivity index (χ3v) is 2.56. The topological polar surface area (TPSA) is 76.1 Å². The molecular formula is C12H20N4O2S. The lowest BCUT2D eigenvalue weighted by Crippen LogP contribution is -2.40. The van der Waals surface area contributed by atoms with Crippen LogP contribution in [0.3, 0.4) is 0 Å². The monoisotopic (exact) mass is 284 g/mol. The molecule has 0 aromatic carbocycles. The van der Waals surface area contributed by atoms with Crippen LogP contribution in [0.25, 0.3) is 0 Å². The van der Waals surface area contributed by atoms with Crippen LogP contribution in [0.15, 0.2) is 11.4 Å². The molecule has 0 radical (unpaired) electrons. The van der Waals surface area contributed by atoms with Crippen LogP contribution in [0.2, 0.25) is 0 Å². The van der Waals surface area contributed by atoms with E-state index in [1.165, 1.54) is 18.0 Å². The molecule has 1 rings (SSSR count).